The maximum Gasteiger partial charge on any atom is 0.253 e. The Morgan fingerprint density at radius 3 is 2.66 bits per heavy atom. The van der Waals surface area contributed by atoms with Gasteiger partial charge in [0.25, 0.3) is 5.91 Å². The summed E-state index contributed by atoms with van der Waals surface area (Å²) in [6.07, 6.45) is 1.79. The van der Waals surface area contributed by atoms with Crippen LogP contribution in [0, 0.1) is 12.7 Å². The van der Waals surface area contributed by atoms with E-state index in [0.29, 0.717) is 71.7 Å². The molecule has 1 fully saturated rings. The monoisotopic (exact) mass is 568 g/mol. The normalized spacial score (nSPS) is 14.4. The summed E-state index contributed by atoms with van der Waals surface area (Å²) in [4.78, 5) is 24.5. The van der Waals surface area contributed by atoms with Crippen LogP contribution in [0.3, 0.4) is 0 Å². The van der Waals surface area contributed by atoms with Gasteiger partial charge in [0.1, 0.15) is 17.4 Å². The number of halogens is 2. The van der Waals surface area contributed by atoms with Gasteiger partial charge in [-0.3, -0.25) is 9.79 Å². The first-order valence-electron chi connectivity index (χ1n) is 13.4. The number of amides is 1. The topological polar surface area (TPSA) is 80.9 Å². The summed E-state index contributed by atoms with van der Waals surface area (Å²) in [5.74, 6) is 0.615. The van der Waals surface area contributed by atoms with Crippen LogP contribution in [0.5, 0.6) is 5.75 Å². The van der Waals surface area contributed by atoms with Crippen molar-refractivity contribution in [2.24, 2.45) is 4.99 Å². The third-order valence-corrected chi connectivity index (χ3v) is 7.70. The number of carbonyl (C=O) groups excluding carboxylic acids is 1. The molecule has 0 unspecified atom stereocenters. The summed E-state index contributed by atoms with van der Waals surface area (Å²) in [6, 6.07) is 17.7. The van der Waals surface area contributed by atoms with E-state index in [-0.39, 0.29) is 5.91 Å². The fourth-order valence-electron chi connectivity index (χ4n) is 5.44. The van der Waals surface area contributed by atoms with Crippen LogP contribution in [0.25, 0.3) is 16.4 Å². The van der Waals surface area contributed by atoms with E-state index < -0.39 is 5.82 Å². The van der Waals surface area contributed by atoms with E-state index in [0.717, 1.165) is 27.9 Å². The standard InChI is InChI=1S/C32H28ClFN5O2/c1-19-28-21(18-37-31(19)38-23-6-3-5-20(15-23)32(40)39-13-11-35-12-14-39)17-36-30(25-16-22(33)9-10-24(25)28)29-26(34)7-4-8-27(29)41-2/h3-10,15-16,18H,11-14,17H2,1-2H3,(H,37,38)/q-1. The summed E-state index contributed by atoms with van der Waals surface area (Å²) in [5, 5.41) is 8.26. The molecular weight excluding hydrogens is 541 g/mol. The molecular formula is C32H28ClFN5O2-. The number of hydrogen-bond donors (Lipinski definition) is 1. The first-order valence-corrected chi connectivity index (χ1v) is 13.8. The largest absolute Gasteiger partial charge is 0.659 e. The van der Waals surface area contributed by atoms with Crippen molar-refractivity contribution >= 4 is 34.7 Å². The van der Waals surface area contributed by atoms with Crippen molar-refractivity contribution < 1.29 is 13.9 Å². The first-order chi connectivity index (χ1) is 19.9. The van der Waals surface area contributed by atoms with Crippen molar-refractivity contribution in [3.63, 3.8) is 0 Å². The number of methoxy groups -OCH3 is 1. The molecule has 1 saturated heterocycles. The molecule has 7 nitrogen and oxygen atoms in total. The predicted molar refractivity (Wildman–Crippen MR) is 160 cm³/mol. The van der Waals surface area contributed by atoms with Gasteiger partial charge in [-0.05, 0) is 66.1 Å². The Balaban J connectivity index is 1.39. The van der Waals surface area contributed by atoms with Crippen molar-refractivity contribution in [1.82, 2.24) is 9.88 Å². The summed E-state index contributed by atoms with van der Waals surface area (Å²) >= 11 is 6.46. The molecule has 6 rings (SSSR count). The van der Waals surface area contributed by atoms with Crippen LogP contribution in [0.1, 0.15) is 32.6 Å². The van der Waals surface area contributed by atoms with Gasteiger partial charge < -0.3 is 20.3 Å². The van der Waals surface area contributed by atoms with Gasteiger partial charge in [0, 0.05) is 46.7 Å². The zero-order valence-corrected chi connectivity index (χ0v) is 23.5. The van der Waals surface area contributed by atoms with Gasteiger partial charge in [-0.2, -0.15) is 0 Å². The molecule has 1 amide bonds. The molecule has 4 aromatic rings. The second-order valence-corrected chi connectivity index (χ2v) is 10.4. The van der Waals surface area contributed by atoms with Gasteiger partial charge in [-0.1, -0.05) is 29.8 Å². The molecule has 208 valence electrons. The molecule has 41 heavy (non-hydrogen) atoms. The maximum absolute atomic E-state index is 15.2. The van der Waals surface area contributed by atoms with Gasteiger partial charge >= 0.3 is 0 Å². The number of aliphatic imine (C=N–C) groups is 1. The van der Waals surface area contributed by atoms with Crippen LogP contribution >= 0.6 is 11.6 Å². The number of ether oxygens (including phenoxy) is 1. The molecule has 9 heteroatoms. The molecule has 1 aromatic heterocycles. The Morgan fingerprint density at radius 1 is 1.05 bits per heavy atom. The van der Waals surface area contributed by atoms with Gasteiger partial charge in [0.15, 0.2) is 0 Å². The highest BCUT2D eigenvalue weighted by atomic mass is 35.5. The van der Waals surface area contributed by atoms with Crippen LogP contribution in [0.15, 0.2) is 71.9 Å². The Morgan fingerprint density at radius 2 is 1.85 bits per heavy atom. The number of pyridine rings is 1. The van der Waals surface area contributed by atoms with Crippen molar-refractivity contribution in [3.05, 3.63) is 111 Å². The summed E-state index contributed by atoms with van der Waals surface area (Å²) in [7, 11) is 1.51. The number of hydrogen-bond acceptors (Lipinski definition) is 5. The Bertz CT molecular complexity index is 1680. The Labute approximate surface area is 243 Å². The van der Waals surface area contributed by atoms with Gasteiger partial charge in [0.05, 0.1) is 24.9 Å². The van der Waals surface area contributed by atoms with E-state index in [1.807, 2.05) is 54.3 Å². The molecule has 0 atom stereocenters. The summed E-state index contributed by atoms with van der Waals surface area (Å²) in [5.41, 5.74) is 6.46. The van der Waals surface area contributed by atoms with Gasteiger partial charge in [-0.25, -0.2) is 9.37 Å². The molecule has 3 heterocycles. The van der Waals surface area contributed by atoms with E-state index in [1.54, 1.807) is 18.3 Å². The number of piperazine rings is 1. The second-order valence-electron chi connectivity index (χ2n) is 9.97. The third kappa shape index (κ3) is 5.16. The number of nitrogens with one attached hydrogen (secondary N) is 1. The zero-order valence-electron chi connectivity index (χ0n) is 22.7. The highest BCUT2D eigenvalue weighted by Gasteiger charge is 2.26. The minimum atomic E-state index is -0.425. The molecule has 1 N–H and O–H groups in total. The van der Waals surface area contributed by atoms with E-state index in [1.165, 1.54) is 13.2 Å². The second kappa shape index (κ2) is 11.3. The van der Waals surface area contributed by atoms with Crippen LogP contribution in [0.2, 0.25) is 5.02 Å². The van der Waals surface area contributed by atoms with Crippen LogP contribution in [-0.4, -0.2) is 54.8 Å². The van der Waals surface area contributed by atoms with Crippen molar-refractivity contribution in [2.75, 3.05) is 38.6 Å². The molecule has 0 aliphatic carbocycles. The van der Waals surface area contributed by atoms with E-state index in [9.17, 15) is 4.79 Å². The van der Waals surface area contributed by atoms with Crippen LogP contribution < -0.4 is 10.1 Å². The van der Waals surface area contributed by atoms with Gasteiger partial charge in [-0.15, -0.1) is 13.1 Å². The van der Waals surface area contributed by atoms with Gasteiger partial charge in [0.2, 0.25) is 0 Å². The molecule has 3 aromatic carbocycles. The Hall–Kier alpha value is -4.27. The lowest BCUT2D eigenvalue weighted by Gasteiger charge is -2.35. The average Bonchev–Trinajstić information content (AvgIpc) is 3.15. The van der Waals surface area contributed by atoms with E-state index in [4.69, 9.17) is 26.3 Å². The summed E-state index contributed by atoms with van der Waals surface area (Å²) in [6.45, 7) is 4.90. The fraction of sp³-hybridized carbons (Fsp3) is 0.219. The van der Waals surface area contributed by atoms with E-state index in [2.05, 4.69) is 10.6 Å². The molecule has 2 aliphatic rings. The number of rotatable bonds is 5. The number of carbonyl (C=O) groups is 1. The zero-order chi connectivity index (χ0) is 28.5. The summed E-state index contributed by atoms with van der Waals surface area (Å²) < 4.78 is 20.7. The highest BCUT2D eigenvalue weighted by molar-refractivity contribution is 6.31. The maximum atomic E-state index is 15.2. The lowest BCUT2D eigenvalue weighted by Crippen LogP contribution is -2.39. The molecule has 0 radical (unpaired) electrons. The molecule has 0 spiro atoms. The number of nitrogens with zero attached hydrogens (tertiary/aromatic N) is 4. The molecule has 2 aliphatic heterocycles. The lowest BCUT2D eigenvalue weighted by atomic mass is 9.90. The number of fused-ring (bicyclic) bond motifs is 3. The molecule has 0 saturated carbocycles. The minimum Gasteiger partial charge on any atom is -0.659 e. The smallest absolute Gasteiger partial charge is 0.253 e. The quantitative estimate of drug-likeness (QED) is 0.288. The van der Waals surface area contributed by atoms with Crippen molar-refractivity contribution in [2.45, 2.75) is 13.5 Å². The predicted octanol–water partition coefficient (Wildman–Crippen LogP) is 6.78. The molecule has 0 bridgehead atoms. The highest BCUT2D eigenvalue weighted by Crippen LogP contribution is 2.40. The SMILES string of the molecule is COc1cccc(F)c1C1=NCc2cnc(Nc3cccc(C(=O)N4CC[N-]CC4)c3)c(C)c2-c2ccc(Cl)cc21. The third-order valence-electron chi connectivity index (χ3n) is 7.46. The number of benzene rings is 3. The number of aromatic nitrogens is 1. The lowest BCUT2D eigenvalue weighted by molar-refractivity contribution is 0.0758. The minimum absolute atomic E-state index is 0.00536. The first kappa shape index (κ1) is 26.9. The van der Waals surface area contributed by atoms with Crippen molar-refractivity contribution in [3.8, 4) is 16.9 Å². The fourth-order valence-corrected chi connectivity index (χ4v) is 5.61. The average molecular weight is 569 g/mol. The van der Waals surface area contributed by atoms with E-state index >= 15 is 4.39 Å². The van der Waals surface area contributed by atoms with Crippen LogP contribution in [-0.2, 0) is 6.54 Å². The Kier molecular flexibility index (Phi) is 7.43. The van der Waals surface area contributed by atoms with Crippen molar-refractivity contribution in [1.29, 1.82) is 0 Å². The van der Waals surface area contributed by atoms with Crippen LogP contribution in [0.4, 0.5) is 15.9 Å². The number of anilines is 2.